The predicted molar refractivity (Wildman–Crippen MR) is 85.9 cm³/mol. The Balaban J connectivity index is 1.85. The van der Waals surface area contributed by atoms with Crippen molar-refractivity contribution in [3.63, 3.8) is 0 Å². The van der Waals surface area contributed by atoms with Gasteiger partial charge in [-0.3, -0.25) is 0 Å². The minimum Gasteiger partial charge on any atom is -0.508 e. The van der Waals surface area contributed by atoms with Crippen LogP contribution in [0, 0.1) is 29.1 Å². The van der Waals surface area contributed by atoms with Crippen LogP contribution in [0.2, 0.25) is 0 Å². The molecule has 21 heavy (non-hydrogen) atoms. The lowest BCUT2D eigenvalue weighted by molar-refractivity contribution is -0.0461. The van der Waals surface area contributed by atoms with Gasteiger partial charge in [0.25, 0.3) is 0 Å². The van der Waals surface area contributed by atoms with E-state index in [1.807, 2.05) is 12.2 Å². The van der Waals surface area contributed by atoms with E-state index in [9.17, 15) is 10.2 Å². The number of aliphatic hydroxyl groups excluding tert-OH is 2. The Kier molecular flexibility index (Phi) is 4.18. The summed E-state index contributed by atoms with van der Waals surface area (Å²) in [5.74, 6) is 3.25. The molecule has 3 aliphatic carbocycles. The molecule has 0 radical (unpaired) electrons. The molecular formula is C19H30O2. The summed E-state index contributed by atoms with van der Waals surface area (Å²) in [4.78, 5) is 0. The van der Waals surface area contributed by atoms with Gasteiger partial charge in [0.2, 0.25) is 0 Å². The fourth-order valence-corrected chi connectivity index (χ4v) is 5.45. The molecule has 0 heterocycles. The van der Waals surface area contributed by atoms with Crippen molar-refractivity contribution < 1.29 is 10.2 Å². The molecule has 0 saturated heterocycles. The molecule has 3 aliphatic rings. The molecule has 5 unspecified atom stereocenters. The highest BCUT2D eigenvalue weighted by Crippen LogP contribution is 2.58. The summed E-state index contributed by atoms with van der Waals surface area (Å²) in [6.45, 7) is 4.68. The fourth-order valence-electron chi connectivity index (χ4n) is 5.45. The van der Waals surface area contributed by atoms with Crippen molar-refractivity contribution >= 4 is 0 Å². The maximum atomic E-state index is 10.4. The van der Waals surface area contributed by atoms with Crippen LogP contribution >= 0.6 is 0 Å². The van der Waals surface area contributed by atoms with E-state index >= 15 is 0 Å². The molecule has 118 valence electrons. The van der Waals surface area contributed by atoms with Crippen LogP contribution in [0.25, 0.3) is 0 Å². The molecule has 2 N–H and O–H groups in total. The standard InChI is InChI=1S/C19H30O2/c1-13-7-8-14(20)5-3-4-6-16-15(13)11-12-19(2)17(16)9-10-18(19)21/h3,5,8,13,15-18,20-21H,4,6-7,9-12H2,1-2H3/b5-3+,14-8+/t13?,15?,16?,17?,18-,19?/m0/s1. The second-order valence-corrected chi connectivity index (χ2v) is 7.89. The maximum Gasteiger partial charge on any atom is 0.111 e. The Labute approximate surface area is 128 Å². The smallest absolute Gasteiger partial charge is 0.111 e. The van der Waals surface area contributed by atoms with Gasteiger partial charge in [0.15, 0.2) is 0 Å². The summed E-state index contributed by atoms with van der Waals surface area (Å²) < 4.78 is 0. The van der Waals surface area contributed by atoms with Gasteiger partial charge in [0.05, 0.1) is 6.10 Å². The van der Waals surface area contributed by atoms with Gasteiger partial charge in [-0.15, -0.1) is 0 Å². The molecular weight excluding hydrogens is 260 g/mol. The van der Waals surface area contributed by atoms with Crippen molar-refractivity contribution in [3.05, 3.63) is 24.0 Å². The Hall–Kier alpha value is -0.760. The lowest BCUT2D eigenvalue weighted by Gasteiger charge is -2.49. The Bertz CT molecular complexity index is 439. The molecule has 0 aromatic rings. The first-order valence-electron chi connectivity index (χ1n) is 8.76. The summed E-state index contributed by atoms with van der Waals surface area (Å²) in [7, 11) is 0. The van der Waals surface area contributed by atoms with Gasteiger partial charge in [-0.05, 0) is 86.2 Å². The van der Waals surface area contributed by atoms with Gasteiger partial charge in [-0.1, -0.05) is 19.9 Å². The van der Waals surface area contributed by atoms with Crippen LogP contribution in [0.1, 0.15) is 58.8 Å². The highest BCUT2D eigenvalue weighted by molar-refractivity contribution is 5.12. The SMILES string of the molecule is CC1C/C=C(O)\C=C\CCC2C1CCC1(C)C2CC[C@@H]1O. The van der Waals surface area contributed by atoms with E-state index in [0.29, 0.717) is 17.6 Å². The van der Waals surface area contributed by atoms with Crippen LogP contribution in [-0.4, -0.2) is 16.3 Å². The minimum absolute atomic E-state index is 0.0892. The van der Waals surface area contributed by atoms with Gasteiger partial charge >= 0.3 is 0 Å². The molecule has 0 amide bonds. The second-order valence-electron chi connectivity index (χ2n) is 7.89. The third-order valence-corrected chi connectivity index (χ3v) is 6.83. The zero-order valence-corrected chi connectivity index (χ0v) is 13.5. The van der Waals surface area contributed by atoms with Crippen molar-refractivity contribution in [1.29, 1.82) is 0 Å². The average molecular weight is 290 g/mol. The molecule has 0 aromatic carbocycles. The van der Waals surface area contributed by atoms with E-state index in [1.54, 1.807) is 0 Å². The third-order valence-electron chi connectivity index (χ3n) is 6.83. The zero-order chi connectivity index (χ0) is 15.0. The Morgan fingerprint density at radius 1 is 1.14 bits per heavy atom. The van der Waals surface area contributed by atoms with Gasteiger partial charge in [-0.2, -0.15) is 0 Å². The Morgan fingerprint density at radius 3 is 2.76 bits per heavy atom. The molecule has 2 fully saturated rings. The maximum absolute atomic E-state index is 10.4. The van der Waals surface area contributed by atoms with E-state index in [4.69, 9.17) is 0 Å². The van der Waals surface area contributed by atoms with E-state index in [1.165, 1.54) is 25.7 Å². The van der Waals surface area contributed by atoms with E-state index in [-0.39, 0.29) is 11.5 Å². The largest absolute Gasteiger partial charge is 0.508 e. The van der Waals surface area contributed by atoms with Crippen LogP contribution in [-0.2, 0) is 0 Å². The molecule has 0 spiro atoms. The number of hydrogen-bond donors (Lipinski definition) is 2. The number of rotatable bonds is 0. The lowest BCUT2D eigenvalue weighted by atomic mass is 9.56. The van der Waals surface area contributed by atoms with Crippen molar-refractivity contribution in [2.24, 2.45) is 29.1 Å². The Morgan fingerprint density at radius 2 is 1.95 bits per heavy atom. The second kappa shape index (κ2) is 5.79. The zero-order valence-electron chi connectivity index (χ0n) is 13.5. The topological polar surface area (TPSA) is 40.5 Å². The molecule has 3 rings (SSSR count). The van der Waals surface area contributed by atoms with Crippen molar-refractivity contribution in [2.45, 2.75) is 64.9 Å². The molecule has 2 nitrogen and oxygen atoms in total. The summed E-state index contributed by atoms with van der Waals surface area (Å²) in [6, 6.07) is 0. The fraction of sp³-hybridized carbons (Fsp3) is 0.789. The van der Waals surface area contributed by atoms with E-state index in [0.717, 1.165) is 31.1 Å². The summed E-state index contributed by atoms with van der Waals surface area (Å²) >= 11 is 0. The monoisotopic (exact) mass is 290 g/mol. The molecule has 2 saturated carbocycles. The quantitative estimate of drug-likeness (QED) is 0.684. The van der Waals surface area contributed by atoms with Crippen LogP contribution in [0.5, 0.6) is 0 Å². The number of aliphatic hydroxyl groups is 2. The van der Waals surface area contributed by atoms with Crippen LogP contribution < -0.4 is 0 Å². The molecule has 0 bridgehead atoms. The first-order valence-corrected chi connectivity index (χ1v) is 8.76. The van der Waals surface area contributed by atoms with Crippen LogP contribution in [0.4, 0.5) is 0 Å². The number of fused-ring (bicyclic) bond motifs is 3. The third kappa shape index (κ3) is 2.67. The van der Waals surface area contributed by atoms with Crippen LogP contribution in [0.15, 0.2) is 24.0 Å². The van der Waals surface area contributed by atoms with Gasteiger partial charge in [0.1, 0.15) is 5.76 Å². The van der Waals surface area contributed by atoms with Gasteiger partial charge in [-0.25, -0.2) is 0 Å². The van der Waals surface area contributed by atoms with Crippen LogP contribution in [0.3, 0.4) is 0 Å². The highest BCUT2D eigenvalue weighted by atomic mass is 16.3. The minimum atomic E-state index is -0.0892. The van der Waals surface area contributed by atoms with E-state index in [2.05, 4.69) is 19.9 Å². The molecule has 2 heteroatoms. The van der Waals surface area contributed by atoms with E-state index < -0.39 is 0 Å². The summed E-state index contributed by atoms with van der Waals surface area (Å²) in [5.41, 5.74) is 0.159. The van der Waals surface area contributed by atoms with Crippen molar-refractivity contribution in [3.8, 4) is 0 Å². The molecule has 6 atom stereocenters. The van der Waals surface area contributed by atoms with Crippen molar-refractivity contribution in [1.82, 2.24) is 0 Å². The van der Waals surface area contributed by atoms with Gasteiger partial charge < -0.3 is 10.2 Å². The summed E-state index contributed by atoms with van der Waals surface area (Å²) in [6.07, 6.45) is 13.7. The van der Waals surface area contributed by atoms with Crippen molar-refractivity contribution in [2.75, 3.05) is 0 Å². The molecule has 0 aliphatic heterocycles. The molecule has 0 aromatic heterocycles. The number of hydrogen-bond acceptors (Lipinski definition) is 2. The summed E-state index contributed by atoms with van der Waals surface area (Å²) in [5, 5.41) is 20.3. The normalized spacial score (nSPS) is 51.4. The predicted octanol–water partition coefficient (Wildman–Crippen LogP) is 4.61. The lowest BCUT2D eigenvalue weighted by Crippen LogP contribution is -2.44. The number of allylic oxidation sites excluding steroid dienone is 3. The first kappa shape index (κ1) is 15.1. The first-order chi connectivity index (χ1) is 10.0. The highest BCUT2D eigenvalue weighted by Gasteiger charge is 2.53. The average Bonchev–Trinajstić information content (AvgIpc) is 2.76. The van der Waals surface area contributed by atoms with Gasteiger partial charge in [0, 0.05) is 0 Å².